The van der Waals surface area contributed by atoms with Gasteiger partial charge in [0.25, 0.3) is 0 Å². The standard InChI is InChI=1S/C14H18F3N5S2/c1-23-13-21-12-10(24-13)11(19-8-20-12)18-6-9-2-4-22(5-3-9)7-14(15,16)17/h8-9H,2-7H2,1H3,(H,18,19,20). The molecule has 3 rings (SSSR count). The summed E-state index contributed by atoms with van der Waals surface area (Å²) in [6, 6.07) is 0. The second-order valence-electron chi connectivity index (χ2n) is 5.77. The lowest BCUT2D eigenvalue weighted by Gasteiger charge is -2.32. The number of fused-ring (bicyclic) bond motifs is 1. The van der Waals surface area contributed by atoms with Crippen LogP contribution in [0.25, 0.3) is 10.3 Å². The van der Waals surface area contributed by atoms with Crippen LogP contribution in [0.3, 0.4) is 0 Å². The quantitative estimate of drug-likeness (QED) is 0.805. The van der Waals surface area contributed by atoms with Crippen LogP contribution in [0, 0.1) is 5.92 Å². The molecule has 1 saturated heterocycles. The molecule has 2 aromatic heterocycles. The smallest absolute Gasteiger partial charge is 0.368 e. The summed E-state index contributed by atoms with van der Waals surface area (Å²) in [6.07, 6.45) is 0.859. The fourth-order valence-corrected chi connectivity index (χ4v) is 4.27. The van der Waals surface area contributed by atoms with Gasteiger partial charge >= 0.3 is 6.18 Å². The maximum Gasteiger partial charge on any atom is 0.401 e. The molecule has 0 spiro atoms. The van der Waals surface area contributed by atoms with Crippen molar-refractivity contribution in [3.05, 3.63) is 6.33 Å². The molecule has 0 unspecified atom stereocenters. The molecule has 0 amide bonds. The van der Waals surface area contributed by atoms with Gasteiger partial charge < -0.3 is 5.32 Å². The van der Waals surface area contributed by atoms with E-state index >= 15 is 0 Å². The third-order valence-electron chi connectivity index (χ3n) is 4.01. The number of thioether (sulfide) groups is 1. The molecule has 0 aliphatic carbocycles. The number of hydrogen-bond acceptors (Lipinski definition) is 7. The summed E-state index contributed by atoms with van der Waals surface area (Å²) in [5, 5.41) is 3.33. The van der Waals surface area contributed by atoms with Gasteiger partial charge in [-0.05, 0) is 38.1 Å². The molecule has 10 heteroatoms. The Labute approximate surface area is 146 Å². The van der Waals surface area contributed by atoms with Crippen LogP contribution < -0.4 is 5.32 Å². The predicted octanol–water partition coefficient (Wildman–Crippen LogP) is 3.49. The predicted molar refractivity (Wildman–Crippen MR) is 90.7 cm³/mol. The van der Waals surface area contributed by atoms with Gasteiger partial charge in [-0.1, -0.05) is 11.8 Å². The van der Waals surface area contributed by atoms with Crippen molar-refractivity contribution in [1.82, 2.24) is 19.9 Å². The summed E-state index contributed by atoms with van der Waals surface area (Å²) >= 11 is 3.12. The van der Waals surface area contributed by atoms with Crippen molar-refractivity contribution in [1.29, 1.82) is 0 Å². The lowest BCUT2D eigenvalue weighted by atomic mass is 9.97. The number of nitrogens with one attached hydrogen (secondary N) is 1. The van der Waals surface area contributed by atoms with E-state index in [0.29, 0.717) is 31.2 Å². The average Bonchev–Trinajstić information content (AvgIpc) is 2.96. The largest absolute Gasteiger partial charge is 0.401 e. The molecule has 1 aliphatic heterocycles. The number of alkyl halides is 3. The second-order valence-corrected chi connectivity index (χ2v) is 7.83. The normalized spacial score (nSPS) is 17.5. The van der Waals surface area contributed by atoms with E-state index in [1.807, 2.05) is 6.26 Å². The van der Waals surface area contributed by atoms with E-state index in [1.165, 1.54) is 11.2 Å². The third-order valence-corrected chi connectivity index (χ3v) is 6.05. The summed E-state index contributed by atoms with van der Waals surface area (Å²) in [6.45, 7) is 0.876. The molecule has 132 valence electrons. The van der Waals surface area contributed by atoms with E-state index in [4.69, 9.17) is 0 Å². The zero-order valence-corrected chi connectivity index (χ0v) is 14.8. The van der Waals surface area contributed by atoms with E-state index in [0.717, 1.165) is 27.7 Å². The zero-order valence-electron chi connectivity index (χ0n) is 13.1. The van der Waals surface area contributed by atoms with E-state index in [1.54, 1.807) is 23.1 Å². The van der Waals surface area contributed by atoms with Gasteiger partial charge in [0.1, 0.15) is 16.8 Å². The Balaban J connectivity index is 1.55. The summed E-state index contributed by atoms with van der Waals surface area (Å²) < 4.78 is 39.1. The van der Waals surface area contributed by atoms with Crippen molar-refractivity contribution >= 4 is 39.3 Å². The van der Waals surface area contributed by atoms with Crippen molar-refractivity contribution in [2.75, 3.05) is 37.8 Å². The van der Waals surface area contributed by atoms with Gasteiger partial charge in [-0.15, -0.1) is 11.3 Å². The van der Waals surface area contributed by atoms with Gasteiger partial charge in [0.05, 0.1) is 6.54 Å². The molecular weight excluding hydrogens is 359 g/mol. The number of anilines is 1. The monoisotopic (exact) mass is 377 g/mol. The van der Waals surface area contributed by atoms with Gasteiger partial charge in [0.2, 0.25) is 0 Å². The first-order valence-electron chi connectivity index (χ1n) is 7.63. The van der Waals surface area contributed by atoms with Gasteiger partial charge in [-0.2, -0.15) is 13.2 Å². The van der Waals surface area contributed by atoms with Gasteiger partial charge in [0.15, 0.2) is 9.99 Å². The van der Waals surface area contributed by atoms with Crippen molar-refractivity contribution < 1.29 is 13.2 Å². The summed E-state index contributed by atoms with van der Waals surface area (Å²) in [7, 11) is 0. The molecule has 0 aromatic carbocycles. The number of piperidine rings is 1. The number of hydrogen-bond donors (Lipinski definition) is 1. The fourth-order valence-electron chi connectivity index (χ4n) is 2.79. The number of nitrogens with zero attached hydrogens (tertiary/aromatic N) is 4. The number of likely N-dealkylation sites (tertiary alicyclic amines) is 1. The van der Waals surface area contributed by atoms with E-state index < -0.39 is 12.7 Å². The number of rotatable bonds is 5. The Kier molecular flexibility index (Phi) is 5.46. The number of halogens is 3. The fraction of sp³-hybridized carbons (Fsp3) is 0.643. The molecule has 5 nitrogen and oxygen atoms in total. The molecule has 1 N–H and O–H groups in total. The Morgan fingerprint density at radius 3 is 2.75 bits per heavy atom. The van der Waals surface area contributed by atoms with E-state index in [2.05, 4.69) is 20.3 Å². The van der Waals surface area contributed by atoms with Gasteiger partial charge in [-0.3, -0.25) is 4.90 Å². The molecule has 0 bridgehead atoms. The number of aromatic nitrogens is 3. The molecule has 0 radical (unpaired) electrons. The van der Waals surface area contributed by atoms with Crippen molar-refractivity contribution in [2.45, 2.75) is 23.4 Å². The van der Waals surface area contributed by atoms with Crippen LogP contribution >= 0.6 is 23.1 Å². The maximum atomic E-state index is 12.4. The molecule has 2 aromatic rings. The Bertz CT molecular complexity index is 683. The molecule has 1 fully saturated rings. The lowest BCUT2D eigenvalue weighted by Crippen LogP contribution is -2.41. The molecule has 24 heavy (non-hydrogen) atoms. The minimum absolute atomic E-state index is 0.354. The van der Waals surface area contributed by atoms with Crippen LogP contribution in [0.2, 0.25) is 0 Å². The maximum absolute atomic E-state index is 12.4. The third kappa shape index (κ3) is 4.48. The van der Waals surface area contributed by atoms with Crippen LogP contribution in [0.5, 0.6) is 0 Å². The lowest BCUT2D eigenvalue weighted by molar-refractivity contribution is -0.148. The molecule has 0 atom stereocenters. The van der Waals surface area contributed by atoms with Gasteiger partial charge in [-0.25, -0.2) is 15.0 Å². The van der Waals surface area contributed by atoms with Crippen molar-refractivity contribution in [3.8, 4) is 0 Å². The highest BCUT2D eigenvalue weighted by molar-refractivity contribution is 8.00. The van der Waals surface area contributed by atoms with Crippen LogP contribution in [0.15, 0.2) is 10.7 Å². The number of thiazole rings is 1. The molecule has 3 heterocycles. The van der Waals surface area contributed by atoms with Crippen LogP contribution in [-0.2, 0) is 0 Å². The topological polar surface area (TPSA) is 53.9 Å². The first-order valence-corrected chi connectivity index (χ1v) is 9.67. The Morgan fingerprint density at radius 1 is 1.33 bits per heavy atom. The molecular formula is C14H18F3N5S2. The highest BCUT2D eigenvalue weighted by Crippen LogP contribution is 2.31. The zero-order chi connectivity index (χ0) is 17.2. The van der Waals surface area contributed by atoms with Gasteiger partial charge in [0, 0.05) is 6.54 Å². The highest BCUT2D eigenvalue weighted by Gasteiger charge is 2.32. The Morgan fingerprint density at radius 2 is 2.08 bits per heavy atom. The van der Waals surface area contributed by atoms with Crippen molar-refractivity contribution in [2.24, 2.45) is 5.92 Å². The van der Waals surface area contributed by atoms with Crippen LogP contribution in [-0.4, -0.2) is 58.5 Å². The van der Waals surface area contributed by atoms with E-state index in [9.17, 15) is 13.2 Å². The van der Waals surface area contributed by atoms with Crippen molar-refractivity contribution in [3.63, 3.8) is 0 Å². The van der Waals surface area contributed by atoms with Crippen LogP contribution in [0.4, 0.5) is 19.0 Å². The first kappa shape index (κ1) is 17.7. The van der Waals surface area contributed by atoms with E-state index in [-0.39, 0.29) is 0 Å². The average molecular weight is 377 g/mol. The molecule has 1 aliphatic rings. The summed E-state index contributed by atoms with van der Waals surface area (Å²) in [5.41, 5.74) is 0.682. The molecule has 0 saturated carbocycles. The minimum atomic E-state index is -4.11. The Hall–Kier alpha value is -1.13. The second kappa shape index (κ2) is 7.40. The summed E-state index contributed by atoms with van der Waals surface area (Å²) in [5.74, 6) is 1.11. The minimum Gasteiger partial charge on any atom is -0.368 e. The first-order chi connectivity index (χ1) is 11.4. The van der Waals surface area contributed by atoms with Crippen LogP contribution in [0.1, 0.15) is 12.8 Å². The summed E-state index contributed by atoms with van der Waals surface area (Å²) in [4.78, 5) is 14.3. The highest BCUT2D eigenvalue weighted by atomic mass is 32.2. The SMILES string of the molecule is CSc1nc2ncnc(NCC3CCN(CC(F)(F)F)CC3)c2s1.